The highest BCUT2D eigenvalue weighted by Crippen LogP contribution is 2.27. The number of alkyl carbamates (subject to hydrolysis) is 1. The van der Waals surface area contributed by atoms with Crippen LogP contribution in [0.2, 0.25) is 0 Å². The lowest BCUT2D eigenvalue weighted by Gasteiger charge is -2.24. The first-order valence-electron chi connectivity index (χ1n) is 10.4. The molecule has 0 aliphatic heterocycles. The van der Waals surface area contributed by atoms with E-state index >= 15 is 0 Å². The van der Waals surface area contributed by atoms with Gasteiger partial charge in [0, 0.05) is 18.6 Å². The van der Waals surface area contributed by atoms with Crippen molar-refractivity contribution in [1.82, 2.24) is 16.0 Å². The number of carbonyl (C=O) groups is 3. The van der Waals surface area contributed by atoms with Gasteiger partial charge in [-0.1, -0.05) is 6.42 Å². The summed E-state index contributed by atoms with van der Waals surface area (Å²) in [4.78, 5) is 32.9. The standard InChI is InChI=1S/C18H26F9N3O6/c19-16(20,21)6-11(29-13(31)32)3-1-2-10(8-28-15(35)36-9-18(25,26)27)4-5-12(30-14(33)34)7-17(22,23)24/h10-12,29-30H,1-9H2,(H,28,35)(H,31,32)(H,33,34). The molecule has 0 radical (unpaired) electrons. The molecule has 9 nitrogen and oxygen atoms in total. The Morgan fingerprint density at radius 3 is 1.58 bits per heavy atom. The summed E-state index contributed by atoms with van der Waals surface area (Å²) < 4.78 is 116. The van der Waals surface area contributed by atoms with Crippen LogP contribution < -0.4 is 16.0 Å². The fourth-order valence-electron chi connectivity index (χ4n) is 3.22. The average Bonchev–Trinajstić information content (AvgIpc) is 2.63. The molecule has 3 unspecified atom stereocenters. The molecule has 0 aliphatic rings. The number of nitrogens with one attached hydrogen (secondary N) is 3. The molecule has 3 atom stereocenters. The van der Waals surface area contributed by atoms with E-state index in [4.69, 9.17) is 10.2 Å². The maximum atomic E-state index is 12.7. The lowest BCUT2D eigenvalue weighted by Crippen LogP contribution is -2.38. The van der Waals surface area contributed by atoms with Gasteiger partial charge in [0.05, 0.1) is 12.8 Å². The largest absolute Gasteiger partial charge is 0.465 e. The highest BCUT2D eigenvalue weighted by atomic mass is 19.4. The van der Waals surface area contributed by atoms with Gasteiger partial charge < -0.3 is 30.9 Å². The normalized spacial score (nSPS) is 14.9. The molecule has 0 aliphatic carbocycles. The number of amides is 3. The van der Waals surface area contributed by atoms with Crippen LogP contribution >= 0.6 is 0 Å². The van der Waals surface area contributed by atoms with E-state index in [1.807, 2.05) is 5.32 Å². The third-order valence-electron chi connectivity index (χ3n) is 4.60. The Morgan fingerprint density at radius 1 is 0.694 bits per heavy atom. The first-order valence-corrected chi connectivity index (χ1v) is 10.4. The molecule has 0 fully saturated rings. The van der Waals surface area contributed by atoms with Crippen LogP contribution in [0, 0.1) is 5.92 Å². The van der Waals surface area contributed by atoms with E-state index in [1.165, 1.54) is 0 Å². The summed E-state index contributed by atoms with van der Waals surface area (Å²) in [5.74, 6) is -0.814. The molecule has 0 spiro atoms. The smallest absolute Gasteiger partial charge is 0.422 e. The van der Waals surface area contributed by atoms with E-state index in [9.17, 15) is 53.9 Å². The molecule has 0 aromatic heterocycles. The van der Waals surface area contributed by atoms with Crippen molar-refractivity contribution in [1.29, 1.82) is 0 Å². The Morgan fingerprint density at radius 2 is 1.17 bits per heavy atom. The van der Waals surface area contributed by atoms with Crippen molar-refractivity contribution in [3.8, 4) is 0 Å². The van der Waals surface area contributed by atoms with E-state index in [0.717, 1.165) is 0 Å². The van der Waals surface area contributed by atoms with Crippen molar-refractivity contribution in [2.45, 2.75) is 75.6 Å². The SMILES string of the molecule is O=C(O)NC(CCCC(CCC(CC(F)(F)F)NC(=O)O)CNC(=O)OCC(F)(F)F)CC(F)(F)F. The summed E-state index contributed by atoms with van der Waals surface area (Å²) in [7, 11) is 0. The van der Waals surface area contributed by atoms with Crippen molar-refractivity contribution in [2.75, 3.05) is 13.2 Å². The van der Waals surface area contributed by atoms with Crippen LogP contribution in [0.3, 0.4) is 0 Å². The highest BCUT2D eigenvalue weighted by molar-refractivity contribution is 5.67. The number of carboxylic acid groups (broad SMARTS) is 2. The first kappa shape index (κ1) is 33.2. The molecule has 0 saturated heterocycles. The van der Waals surface area contributed by atoms with Crippen LogP contribution in [0.5, 0.6) is 0 Å². The number of halogens is 9. The topological polar surface area (TPSA) is 137 Å². The van der Waals surface area contributed by atoms with Crippen LogP contribution in [0.25, 0.3) is 0 Å². The third-order valence-corrected chi connectivity index (χ3v) is 4.60. The third kappa shape index (κ3) is 20.5. The second-order valence-corrected chi connectivity index (χ2v) is 7.88. The first-order chi connectivity index (χ1) is 16.3. The lowest BCUT2D eigenvalue weighted by molar-refractivity contribution is -0.160. The van der Waals surface area contributed by atoms with E-state index in [0.29, 0.717) is 0 Å². The number of carbonyl (C=O) groups excluding carboxylic acids is 1. The van der Waals surface area contributed by atoms with E-state index in [-0.39, 0.29) is 25.7 Å². The summed E-state index contributed by atoms with van der Waals surface area (Å²) in [5, 5.41) is 22.7. The van der Waals surface area contributed by atoms with Gasteiger partial charge in [0.1, 0.15) is 0 Å². The molecule has 0 aromatic rings. The minimum atomic E-state index is -4.82. The van der Waals surface area contributed by atoms with Crippen molar-refractivity contribution < 1.29 is 68.8 Å². The molecule has 3 amide bonds. The van der Waals surface area contributed by atoms with Crippen LogP contribution in [-0.4, -0.2) is 72.3 Å². The van der Waals surface area contributed by atoms with Crippen molar-refractivity contribution in [3.05, 3.63) is 0 Å². The molecule has 0 saturated carbocycles. The van der Waals surface area contributed by atoms with Crippen molar-refractivity contribution in [3.63, 3.8) is 0 Å². The maximum Gasteiger partial charge on any atom is 0.422 e. The van der Waals surface area contributed by atoms with Gasteiger partial charge in [0.25, 0.3) is 0 Å². The van der Waals surface area contributed by atoms with E-state index in [1.54, 1.807) is 10.6 Å². The van der Waals surface area contributed by atoms with Gasteiger partial charge in [0.2, 0.25) is 0 Å². The minimum absolute atomic E-state index is 0.0823. The molecular formula is C18H26F9N3O6. The van der Waals surface area contributed by atoms with Crippen LogP contribution in [0.4, 0.5) is 53.9 Å². The second-order valence-electron chi connectivity index (χ2n) is 7.88. The van der Waals surface area contributed by atoms with Crippen LogP contribution in [0.15, 0.2) is 0 Å². The molecule has 0 heterocycles. The lowest BCUT2D eigenvalue weighted by atomic mass is 9.92. The zero-order valence-corrected chi connectivity index (χ0v) is 18.5. The van der Waals surface area contributed by atoms with Gasteiger partial charge in [-0.05, 0) is 31.6 Å². The molecule has 0 aromatic carbocycles. The zero-order valence-electron chi connectivity index (χ0n) is 18.5. The number of hydrogen-bond donors (Lipinski definition) is 5. The Hall–Kier alpha value is -2.82. The molecule has 0 rings (SSSR count). The summed E-state index contributed by atoms with van der Waals surface area (Å²) in [6.45, 7) is -2.36. The highest BCUT2D eigenvalue weighted by Gasteiger charge is 2.34. The number of alkyl halides is 9. The summed E-state index contributed by atoms with van der Waals surface area (Å²) in [6, 6.07) is -3.15. The number of hydrogen-bond acceptors (Lipinski definition) is 4. The zero-order chi connectivity index (χ0) is 28.2. The monoisotopic (exact) mass is 551 g/mol. The second kappa shape index (κ2) is 14.7. The molecule has 212 valence electrons. The minimum Gasteiger partial charge on any atom is -0.465 e. The predicted molar refractivity (Wildman–Crippen MR) is 103 cm³/mol. The quantitative estimate of drug-likeness (QED) is 0.192. The van der Waals surface area contributed by atoms with Gasteiger partial charge in [0.15, 0.2) is 6.61 Å². The van der Waals surface area contributed by atoms with Crippen LogP contribution in [0.1, 0.15) is 44.9 Å². The molecule has 36 heavy (non-hydrogen) atoms. The predicted octanol–water partition coefficient (Wildman–Crippen LogP) is 5.02. The Labute approximate surface area is 198 Å². The molecule has 18 heteroatoms. The maximum absolute atomic E-state index is 12.7. The number of ether oxygens (including phenoxy) is 1. The van der Waals surface area contributed by atoms with Crippen LogP contribution in [-0.2, 0) is 4.74 Å². The summed E-state index contributed by atoms with van der Waals surface area (Å²) in [5.41, 5.74) is 0. The van der Waals surface area contributed by atoms with Gasteiger partial charge >= 0.3 is 36.8 Å². The Balaban J connectivity index is 5.18. The van der Waals surface area contributed by atoms with Gasteiger partial charge in [-0.2, -0.15) is 39.5 Å². The van der Waals surface area contributed by atoms with Gasteiger partial charge in [-0.15, -0.1) is 0 Å². The molecule has 0 bridgehead atoms. The number of rotatable bonds is 14. The fourth-order valence-corrected chi connectivity index (χ4v) is 3.22. The van der Waals surface area contributed by atoms with Gasteiger partial charge in [-0.3, -0.25) is 0 Å². The summed E-state index contributed by atoms with van der Waals surface area (Å²) >= 11 is 0. The van der Waals surface area contributed by atoms with Gasteiger partial charge in [-0.25, -0.2) is 14.4 Å². The Bertz CT molecular complexity index is 701. The Kier molecular flexibility index (Phi) is 13.5. The van der Waals surface area contributed by atoms with Crippen molar-refractivity contribution >= 4 is 18.3 Å². The summed E-state index contributed by atoms with van der Waals surface area (Å²) in [6.07, 6.45) is -23.4. The molecule has 5 N–H and O–H groups in total. The van der Waals surface area contributed by atoms with E-state index in [2.05, 4.69) is 4.74 Å². The fraction of sp³-hybridized carbons (Fsp3) is 0.833. The average molecular weight is 551 g/mol. The van der Waals surface area contributed by atoms with Crippen molar-refractivity contribution in [2.24, 2.45) is 5.92 Å². The van der Waals surface area contributed by atoms with E-state index < -0.39 is 87.2 Å². The molecular weight excluding hydrogens is 525 g/mol.